The summed E-state index contributed by atoms with van der Waals surface area (Å²) in [6.07, 6.45) is 3.94. The van der Waals surface area contributed by atoms with Crippen molar-refractivity contribution in [2.75, 3.05) is 0 Å². The van der Waals surface area contributed by atoms with Crippen molar-refractivity contribution in [3.63, 3.8) is 0 Å². The van der Waals surface area contributed by atoms with Gasteiger partial charge in [0.2, 0.25) is 11.7 Å². The Morgan fingerprint density at radius 1 is 1.56 bits per heavy atom. The highest BCUT2D eigenvalue weighted by molar-refractivity contribution is 5.74. The van der Waals surface area contributed by atoms with E-state index in [1.807, 2.05) is 13.0 Å². The Morgan fingerprint density at radius 2 is 2.39 bits per heavy atom. The van der Waals surface area contributed by atoms with Crippen LogP contribution in [0.15, 0.2) is 23.0 Å². The molecule has 2 aromatic heterocycles. The van der Waals surface area contributed by atoms with E-state index in [2.05, 4.69) is 15.1 Å². The number of carboxylic acid groups (broad SMARTS) is 1. The molecule has 6 heteroatoms. The molecule has 2 atom stereocenters. The molecule has 1 aliphatic carbocycles. The second-order valence-electron chi connectivity index (χ2n) is 4.43. The summed E-state index contributed by atoms with van der Waals surface area (Å²) in [5, 5.41) is 12.7. The number of nitrogens with zero attached hydrogens (tertiary/aromatic N) is 3. The third-order valence-corrected chi connectivity index (χ3v) is 3.15. The molecule has 0 amide bonds. The molecule has 1 N–H and O–H groups in total. The molecule has 0 saturated heterocycles. The van der Waals surface area contributed by atoms with Crippen LogP contribution in [-0.4, -0.2) is 26.2 Å². The van der Waals surface area contributed by atoms with Gasteiger partial charge in [-0.2, -0.15) is 4.98 Å². The maximum Gasteiger partial charge on any atom is 0.307 e. The predicted molar refractivity (Wildman–Crippen MR) is 60.7 cm³/mol. The van der Waals surface area contributed by atoms with E-state index in [9.17, 15) is 4.79 Å². The van der Waals surface area contributed by atoms with Crippen molar-refractivity contribution in [2.24, 2.45) is 5.92 Å². The van der Waals surface area contributed by atoms with E-state index in [0.29, 0.717) is 18.1 Å². The molecule has 2 aromatic rings. The van der Waals surface area contributed by atoms with Crippen molar-refractivity contribution in [1.29, 1.82) is 0 Å². The molecule has 1 saturated carbocycles. The van der Waals surface area contributed by atoms with Crippen molar-refractivity contribution >= 4 is 5.97 Å². The number of carboxylic acids is 1. The summed E-state index contributed by atoms with van der Waals surface area (Å²) in [7, 11) is 0. The predicted octanol–water partition coefficient (Wildman–Crippen LogP) is 1.63. The first-order chi connectivity index (χ1) is 8.66. The third kappa shape index (κ3) is 1.75. The number of carbonyl (C=O) groups is 1. The van der Waals surface area contributed by atoms with Crippen LogP contribution in [0.25, 0.3) is 11.4 Å². The van der Waals surface area contributed by atoms with Gasteiger partial charge in [-0.05, 0) is 25.0 Å². The summed E-state index contributed by atoms with van der Waals surface area (Å²) in [6.45, 7) is 1.93. The van der Waals surface area contributed by atoms with Gasteiger partial charge < -0.3 is 9.63 Å². The largest absolute Gasteiger partial charge is 0.481 e. The lowest BCUT2D eigenvalue weighted by Crippen LogP contribution is -1.99. The van der Waals surface area contributed by atoms with E-state index in [1.54, 1.807) is 12.4 Å². The van der Waals surface area contributed by atoms with Gasteiger partial charge in [0.15, 0.2) is 0 Å². The molecule has 6 nitrogen and oxygen atoms in total. The maximum atomic E-state index is 10.8. The van der Waals surface area contributed by atoms with Crippen molar-refractivity contribution in [3.8, 4) is 11.4 Å². The quantitative estimate of drug-likeness (QED) is 0.883. The first kappa shape index (κ1) is 10.9. The molecule has 3 rings (SSSR count). The Labute approximate surface area is 103 Å². The smallest absolute Gasteiger partial charge is 0.307 e. The average molecular weight is 245 g/mol. The van der Waals surface area contributed by atoms with E-state index in [1.165, 1.54) is 0 Å². The van der Waals surface area contributed by atoms with Crippen LogP contribution in [0.4, 0.5) is 0 Å². The maximum absolute atomic E-state index is 10.8. The molecule has 1 aliphatic rings. The molecule has 18 heavy (non-hydrogen) atoms. The molecule has 92 valence electrons. The van der Waals surface area contributed by atoms with E-state index >= 15 is 0 Å². The number of hydrogen-bond donors (Lipinski definition) is 1. The molecule has 0 bridgehead atoms. The van der Waals surface area contributed by atoms with Crippen molar-refractivity contribution in [1.82, 2.24) is 15.1 Å². The minimum Gasteiger partial charge on any atom is -0.481 e. The van der Waals surface area contributed by atoms with Crippen molar-refractivity contribution < 1.29 is 14.4 Å². The van der Waals surface area contributed by atoms with Gasteiger partial charge in [-0.1, -0.05) is 5.16 Å². The number of aryl methyl sites for hydroxylation is 1. The monoisotopic (exact) mass is 245 g/mol. The van der Waals surface area contributed by atoms with E-state index in [4.69, 9.17) is 9.63 Å². The highest BCUT2D eigenvalue weighted by atomic mass is 16.5. The zero-order valence-corrected chi connectivity index (χ0v) is 9.70. The number of pyridine rings is 1. The van der Waals surface area contributed by atoms with E-state index in [-0.39, 0.29) is 11.8 Å². The van der Waals surface area contributed by atoms with Gasteiger partial charge in [0.25, 0.3) is 0 Å². The van der Waals surface area contributed by atoms with Gasteiger partial charge in [-0.3, -0.25) is 9.78 Å². The van der Waals surface area contributed by atoms with Crippen LogP contribution in [0.3, 0.4) is 0 Å². The summed E-state index contributed by atoms with van der Waals surface area (Å²) >= 11 is 0. The average Bonchev–Trinajstić information content (AvgIpc) is 3.02. The van der Waals surface area contributed by atoms with Gasteiger partial charge in [-0.25, -0.2) is 0 Å². The molecule has 0 aromatic carbocycles. The SMILES string of the molecule is Cc1ccncc1-c1noc(C2CC2C(=O)O)n1. The van der Waals surface area contributed by atoms with Crippen LogP contribution in [0.1, 0.15) is 23.8 Å². The Bertz CT molecular complexity index is 608. The fourth-order valence-corrected chi connectivity index (χ4v) is 1.93. The summed E-state index contributed by atoms with van der Waals surface area (Å²) in [5.41, 5.74) is 1.81. The van der Waals surface area contributed by atoms with E-state index < -0.39 is 5.97 Å². The zero-order valence-electron chi connectivity index (χ0n) is 9.70. The second kappa shape index (κ2) is 3.90. The first-order valence-electron chi connectivity index (χ1n) is 5.64. The Kier molecular flexibility index (Phi) is 2.36. The summed E-state index contributed by atoms with van der Waals surface area (Å²) in [4.78, 5) is 19.1. The van der Waals surface area contributed by atoms with Gasteiger partial charge >= 0.3 is 5.97 Å². The lowest BCUT2D eigenvalue weighted by atomic mass is 10.1. The van der Waals surface area contributed by atoms with Crippen LogP contribution < -0.4 is 0 Å². The van der Waals surface area contributed by atoms with Gasteiger partial charge in [0, 0.05) is 18.0 Å². The van der Waals surface area contributed by atoms with Crippen molar-refractivity contribution in [2.45, 2.75) is 19.3 Å². The topological polar surface area (TPSA) is 89.1 Å². The lowest BCUT2D eigenvalue weighted by molar-refractivity contribution is -0.138. The zero-order chi connectivity index (χ0) is 12.7. The first-order valence-corrected chi connectivity index (χ1v) is 5.64. The third-order valence-electron chi connectivity index (χ3n) is 3.15. The molecule has 2 unspecified atom stereocenters. The molecule has 0 aliphatic heterocycles. The molecule has 0 spiro atoms. The number of aromatic nitrogens is 3. The van der Waals surface area contributed by atoms with Gasteiger partial charge in [0.1, 0.15) is 0 Å². The Morgan fingerprint density at radius 3 is 3.06 bits per heavy atom. The van der Waals surface area contributed by atoms with Gasteiger partial charge in [0.05, 0.1) is 11.8 Å². The minimum absolute atomic E-state index is 0.138. The summed E-state index contributed by atoms with van der Waals surface area (Å²) in [5.74, 6) is -0.460. The molecule has 1 fully saturated rings. The Balaban J connectivity index is 1.87. The molecular weight excluding hydrogens is 234 g/mol. The standard InChI is InChI=1S/C12H11N3O3/c1-6-2-3-13-5-9(6)10-14-11(18-15-10)7-4-8(7)12(16)17/h2-3,5,7-8H,4H2,1H3,(H,16,17). The van der Waals surface area contributed by atoms with Crippen LogP contribution in [-0.2, 0) is 4.79 Å². The number of rotatable bonds is 3. The van der Waals surface area contributed by atoms with Crippen molar-refractivity contribution in [3.05, 3.63) is 29.9 Å². The highest BCUT2D eigenvalue weighted by Crippen LogP contribution is 2.47. The number of aliphatic carboxylic acids is 1. The minimum atomic E-state index is -0.808. The van der Waals surface area contributed by atoms with E-state index in [0.717, 1.165) is 11.1 Å². The molecule has 0 radical (unpaired) electrons. The van der Waals surface area contributed by atoms with Crippen LogP contribution in [0, 0.1) is 12.8 Å². The second-order valence-corrected chi connectivity index (χ2v) is 4.43. The van der Waals surface area contributed by atoms with Crippen LogP contribution >= 0.6 is 0 Å². The van der Waals surface area contributed by atoms with Crippen LogP contribution in [0.2, 0.25) is 0 Å². The fourth-order valence-electron chi connectivity index (χ4n) is 1.93. The summed E-state index contributed by atoms with van der Waals surface area (Å²) in [6, 6.07) is 1.86. The van der Waals surface area contributed by atoms with Gasteiger partial charge in [-0.15, -0.1) is 0 Å². The highest BCUT2D eigenvalue weighted by Gasteiger charge is 2.48. The van der Waals surface area contributed by atoms with Crippen LogP contribution in [0.5, 0.6) is 0 Å². The molecule has 2 heterocycles. The molecular formula is C12H11N3O3. The fraction of sp³-hybridized carbons (Fsp3) is 0.333. The lowest BCUT2D eigenvalue weighted by Gasteiger charge is -1.97. The normalized spacial score (nSPS) is 21.8. The number of hydrogen-bond acceptors (Lipinski definition) is 5. The summed E-state index contributed by atoms with van der Waals surface area (Å²) < 4.78 is 5.13. The Hall–Kier alpha value is -2.24.